The van der Waals surface area contributed by atoms with Crippen molar-refractivity contribution in [2.75, 3.05) is 0 Å². The van der Waals surface area contributed by atoms with Crippen LogP contribution < -0.4 is 0 Å². The summed E-state index contributed by atoms with van der Waals surface area (Å²) in [5, 5.41) is 11.5. The van der Waals surface area contributed by atoms with Gasteiger partial charge in [0.15, 0.2) is 5.12 Å². The maximum Gasteiger partial charge on any atom is 0.199 e. The second-order valence-electron chi connectivity index (χ2n) is 8.39. The lowest BCUT2D eigenvalue weighted by atomic mass is 9.60. The molecule has 0 amide bonds. The summed E-state index contributed by atoms with van der Waals surface area (Å²) < 4.78 is 0. The molecule has 0 spiro atoms. The number of hydrogen-bond donors (Lipinski definition) is 2. The highest BCUT2D eigenvalue weighted by atomic mass is 32.1. The second-order valence-corrected chi connectivity index (χ2v) is 8.80. The number of carbonyl (C=O) groups is 1. The zero-order valence-corrected chi connectivity index (χ0v) is 18.0. The molecule has 1 unspecified atom stereocenters. The first kappa shape index (κ1) is 22.5. The summed E-state index contributed by atoms with van der Waals surface area (Å²) in [6.07, 6.45) is 15.1. The molecular formula is C24H38O2S. The first-order chi connectivity index (χ1) is 13.1. The van der Waals surface area contributed by atoms with Gasteiger partial charge in [-0.05, 0) is 24.8 Å². The molecule has 2 rings (SSSR count). The summed E-state index contributed by atoms with van der Waals surface area (Å²) in [5.41, 5.74) is -0.899. The van der Waals surface area contributed by atoms with E-state index in [0.29, 0.717) is 19.3 Å². The van der Waals surface area contributed by atoms with Crippen molar-refractivity contribution in [2.24, 2.45) is 0 Å². The van der Waals surface area contributed by atoms with E-state index in [-0.39, 0.29) is 5.12 Å². The summed E-state index contributed by atoms with van der Waals surface area (Å²) >= 11 is 4.34. The van der Waals surface area contributed by atoms with Crippen molar-refractivity contribution in [2.45, 2.75) is 108 Å². The maximum absolute atomic E-state index is 12.9. The van der Waals surface area contributed by atoms with Crippen molar-refractivity contribution in [1.29, 1.82) is 0 Å². The molecule has 0 radical (unpaired) electrons. The summed E-state index contributed by atoms with van der Waals surface area (Å²) in [5.74, 6) is 0. The molecule has 2 nitrogen and oxygen atoms in total. The van der Waals surface area contributed by atoms with Crippen molar-refractivity contribution in [3.63, 3.8) is 0 Å². The molecule has 3 heteroatoms. The van der Waals surface area contributed by atoms with E-state index < -0.39 is 11.0 Å². The third-order valence-corrected chi connectivity index (χ3v) is 6.89. The second kappa shape index (κ2) is 11.3. The van der Waals surface area contributed by atoms with Gasteiger partial charge in [-0.2, -0.15) is 0 Å². The van der Waals surface area contributed by atoms with E-state index in [1.54, 1.807) is 0 Å². The number of hydrogen-bond acceptors (Lipinski definition) is 2. The molecular weight excluding hydrogens is 352 g/mol. The summed E-state index contributed by atoms with van der Waals surface area (Å²) in [7, 11) is 0. The molecule has 1 N–H and O–H groups in total. The van der Waals surface area contributed by atoms with Crippen LogP contribution in [0.5, 0.6) is 0 Å². The molecule has 1 aliphatic carbocycles. The Labute approximate surface area is 171 Å². The Hall–Kier alpha value is -0.800. The van der Waals surface area contributed by atoms with E-state index in [0.717, 1.165) is 37.7 Å². The Morgan fingerprint density at radius 3 is 2.07 bits per heavy atom. The van der Waals surface area contributed by atoms with Gasteiger partial charge < -0.3 is 5.11 Å². The Kier molecular flexibility index (Phi) is 9.38. The predicted molar refractivity (Wildman–Crippen MR) is 117 cm³/mol. The highest BCUT2D eigenvalue weighted by molar-refractivity contribution is 7.96. The van der Waals surface area contributed by atoms with Crippen LogP contribution in [0.1, 0.15) is 102 Å². The normalized spacial score (nSPS) is 18.8. The monoisotopic (exact) mass is 390 g/mol. The van der Waals surface area contributed by atoms with E-state index in [1.807, 2.05) is 30.3 Å². The lowest BCUT2D eigenvalue weighted by Gasteiger charge is -2.48. The standard InChI is InChI=1S/C24H38O2S/c1-2-3-4-5-6-7-8-15-20-24(22(25)27,21-16-11-9-12-17-21)23(26)18-13-10-14-19-23/h9,11-12,16-17,26H,2-8,10,13-15,18-20H2,1H3,(H,25,27). The first-order valence-electron chi connectivity index (χ1n) is 11.1. The number of unbranched alkanes of at least 4 members (excludes halogenated alkanes) is 7. The summed E-state index contributed by atoms with van der Waals surface area (Å²) in [4.78, 5) is 12.9. The van der Waals surface area contributed by atoms with Gasteiger partial charge in [-0.25, -0.2) is 0 Å². The molecule has 0 bridgehead atoms. The van der Waals surface area contributed by atoms with Crippen LogP contribution in [0, 0.1) is 0 Å². The van der Waals surface area contributed by atoms with Gasteiger partial charge in [0.05, 0.1) is 11.0 Å². The lowest BCUT2D eigenvalue weighted by Crippen LogP contribution is -2.56. The van der Waals surface area contributed by atoms with Gasteiger partial charge in [-0.3, -0.25) is 4.79 Å². The lowest BCUT2D eigenvalue weighted by molar-refractivity contribution is -0.133. The van der Waals surface area contributed by atoms with Crippen molar-refractivity contribution < 1.29 is 9.90 Å². The predicted octanol–water partition coefficient (Wildman–Crippen LogP) is 6.61. The molecule has 1 saturated carbocycles. The molecule has 0 saturated heterocycles. The summed E-state index contributed by atoms with van der Waals surface area (Å²) in [6.45, 7) is 2.24. The fourth-order valence-electron chi connectivity index (χ4n) is 4.89. The number of thiol groups is 1. The van der Waals surface area contributed by atoms with Crippen molar-refractivity contribution in [3.05, 3.63) is 35.9 Å². The zero-order chi connectivity index (χ0) is 19.6. The van der Waals surface area contributed by atoms with Crippen LogP contribution in [0.2, 0.25) is 0 Å². The van der Waals surface area contributed by atoms with Gasteiger partial charge in [-0.15, -0.1) is 12.6 Å². The van der Waals surface area contributed by atoms with Gasteiger partial charge in [0, 0.05) is 0 Å². The highest BCUT2D eigenvalue weighted by Gasteiger charge is 2.54. The molecule has 0 heterocycles. The van der Waals surface area contributed by atoms with Gasteiger partial charge in [0.25, 0.3) is 0 Å². The van der Waals surface area contributed by atoms with Gasteiger partial charge in [0.1, 0.15) is 0 Å². The molecule has 152 valence electrons. The Balaban J connectivity index is 2.09. The van der Waals surface area contributed by atoms with Gasteiger partial charge >= 0.3 is 0 Å². The average Bonchev–Trinajstić information content (AvgIpc) is 2.68. The van der Waals surface area contributed by atoms with Crippen LogP contribution in [0.15, 0.2) is 30.3 Å². The highest BCUT2D eigenvalue weighted by Crippen LogP contribution is 2.49. The topological polar surface area (TPSA) is 37.3 Å². The minimum Gasteiger partial charge on any atom is -0.388 e. The molecule has 1 aromatic carbocycles. The third kappa shape index (κ3) is 5.60. The van der Waals surface area contributed by atoms with Crippen molar-refractivity contribution in [1.82, 2.24) is 0 Å². The minimum absolute atomic E-state index is 0.166. The van der Waals surface area contributed by atoms with E-state index in [4.69, 9.17) is 0 Å². The van der Waals surface area contributed by atoms with Gasteiger partial charge in [-0.1, -0.05) is 108 Å². The van der Waals surface area contributed by atoms with Crippen LogP contribution in [0.3, 0.4) is 0 Å². The molecule has 1 atom stereocenters. The van der Waals surface area contributed by atoms with E-state index in [1.165, 1.54) is 38.5 Å². The van der Waals surface area contributed by atoms with E-state index in [2.05, 4.69) is 19.6 Å². The van der Waals surface area contributed by atoms with Crippen LogP contribution in [0.25, 0.3) is 0 Å². The molecule has 1 aliphatic rings. The quantitative estimate of drug-likeness (QED) is 0.311. The van der Waals surface area contributed by atoms with Crippen LogP contribution >= 0.6 is 12.6 Å². The minimum atomic E-state index is -0.966. The molecule has 1 aromatic rings. The first-order valence-corrected chi connectivity index (χ1v) is 11.5. The number of carbonyl (C=O) groups excluding carboxylic acids is 1. The Bertz CT molecular complexity index is 551. The Morgan fingerprint density at radius 1 is 0.963 bits per heavy atom. The van der Waals surface area contributed by atoms with Crippen molar-refractivity contribution in [3.8, 4) is 0 Å². The summed E-state index contributed by atoms with van der Waals surface area (Å²) in [6, 6.07) is 9.93. The fourth-order valence-corrected chi connectivity index (χ4v) is 5.33. The van der Waals surface area contributed by atoms with Crippen LogP contribution in [-0.4, -0.2) is 15.8 Å². The van der Waals surface area contributed by atoms with E-state index in [9.17, 15) is 9.90 Å². The SMILES string of the molecule is CCCCCCCCCCC(C(=O)S)(c1ccccc1)C1(O)CCCCC1. The van der Waals surface area contributed by atoms with Crippen LogP contribution in [-0.2, 0) is 10.2 Å². The number of rotatable bonds is 12. The Morgan fingerprint density at radius 2 is 1.52 bits per heavy atom. The van der Waals surface area contributed by atoms with E-state index >= 15 is 0 Å². The average molecular weight is 391 g/mol. The van der Waals surface area contributed by atoms with Crippen LogP contribution in [0.4, 0.5) is 0 Å². The van der Waals surface area contributed by atoms with Gasteiger partial charge in [0.2, 0.25) is 0 Å². The number of aliphatic hydroxyl groups is 1. The molecule has 0 aliphatic heterocycles. The zero-order valence-electron chi connectivity index (χ0n) is 17.1. The third-order valence-electron chi connectivity index (χ3n) is 6.51. The maximum atomic E-state index is 12.9. The van der Waals surface area contributed by atoms with Crippen molar-refractivity contribution >= 4 is 17.7 Å². The molecule has 0 aromatic heterocycles. The fraction of sp³-hybridized carbons (Fsp3) is 0.708. The molecule has 1 fully saturated rings. The molecule has 27 heavy (non-hydrogen) atoms. The largest absolute Gasteiger partial charge is 0.388 e. The number of benzene rings is 1. The smallest absolute Gasteiger partial charge is 0.199 e.